The number of pyridine rings is 1. The fraction of sp³-hybridized carbons (Fsp3) is 0.417. The third-order valence-corrected chi connectivity index (χ3v) is 6.22. The number of anilines is 2. The summed E-state index contributed by atoms with van der Waals surface area (Å²) in [5.41, 5.74) is 9.22. The molecule has 11 nitrogen and oxygen atoms in total. The second-order valence-corrected chi connectivity index (χ2v) is 9.43. The maximum absolute atomic E-state index is 10.1. The summed E-state index contributed by atoms with van der Waals surface area (Å²) in [6.45, 7) is 5.29. The van der Waals surface area contributed by atoms with E-state index in [1.54, 1.807) is 43.3 Å². The van der Waals surface area contributed by atoms with Crippen LogP contribution in [0.2, 0.25) is 0 Å². The van der Waals surface area contributed by atoms with E-state index < -0.39 is 5.60 Å². The predicted molar refractivity (Wildman–Crippen MR) is 132 cm³/mol. The first-order valence-corrected chi connectivity index (χ1v) is 11.7. The Morgan fingerprint density at radius 2 is 1.86 bits per heavy atom. The van der Waals surface area contributed by atoms with Crippen molar-refractivity contribution in [2.45, 2.75) is 64.2 Å². The maximum atomic E-state index is 10.1. The van der Waals surface area contributed by atoms with Gasteiger partial charge in [0.1, 0.15) is 28.1 Å². The van der Waals surface area contributed by atoms with Crippen molar-refractivity contribution >= 4 is 22.7 Å². The maximum Gasteiger partial charge on any atom is 0.159 e. The number of hydrogen-bond donors (Lipinski definition) is 4. The van der Waals surface area contributed by atoms with E-state index in [9.17, 15) is 10.2 Å². The molecule has 5 rings (SSSR count). The summed E-state index contributed by atoms with van der Waals surface area (Å²) in [6.07, 6.45) is 11.2. The van der Waals surface area contributed by atoms with E-state index in [4.69, 9.17) is 15.7 Å². The fourth-order valence-corrected chi connectivity index (χ4v) is 4.31. The predicted octanol–water partition coefficient (Wildman–Crippen LogP) is 2.36. The number of hydrogen-bond acceptors (Lipinski definition) is 10. The molecule has 4 aromatic rings. The van der Waals surface area contributed by atoms with Crippen LogP contribution >= 0.6 is 0 Å². The van der Waals surface area contributed by atoms with Gasteiger partial charge < -0.3 is 21.3 Å². The lowest BCUT2D eigenvalue weighted by molar-refractivity contribution is 0.0687. The zero-order chi connectivity index (χ0) is 24.7. The van der Waals surface area contributed by atoms with Gasteiger partial charge in [-0.1, -0.05) is 6.92 Å². The molecular formula is C24H29N9O2. The topological polar surface area (TPSA) is 161 Å². The normalized spacial score (nSPS) is 18.3. The molecule has 182 valence electrons. The first-order valence-electron chi connectivity index (χ1n) is 11.7. The minimum atomic E-state index is -1.12. The number of nitrogens with zero attached hydrogens (tertiary/aromatic N) is 7. The lowest BCUT2D eigenvalue weighted by atomic mass is 10.1. The Morgan fingerprint density at radius 3 is 2.51 bits per heavy atom. The number of aryl methyl sites for hydroxylation is 1. The second kappa shape index (κ2) is 8.82. The third-order valence-electron chi connectivity index (χ3n) is 6.22. The van der Waals surface area contributed by atoms with Crippen LogP contribution in [0.4, 0.5) is 11.6 Å². The molecule has 0 spiro atoms. The number of aliphatic hydroxyl groups excluding tert-OH is 1. The van der Waals surface area contributed by atoms with Crippen molar-refractivity contribution in [1.29, 1.82) is 0 Å². The Balaban J connectivity index is 1.53. The van der Waals surface area contributed by atoms with E-state index >= 15 is 0 Å². The number of fused-ring (bicyclic) bond motifs is 1. The van der Waals surface area contributed by atoms with Gasteiger partial charge in [-0.15, -0.1) is 0 Å². The highest BCUT2D eigenvalue weighted by molar-refractivity contribution is 5.96. The van der Waals surface area contributed by atoms with E-state index in [-0.39, 0.29) is 12.1 Å². The van der Waals surface area contributed by atoms with E-state index in [0.717, 1.165) is 29.7 Å². The molecule has 1 fully saturated rings. The van der Waals surface area contributed by atoms with Crippen LogP contribution in [0.5, 0.6) is 0 Å². The third kappa shape index (κ3) is 4.52. The number of aromatic nitrogens is 7. The Labute approximate surface area is 202 Å². The molecule has 35 heavy (non-hydrogen) atoms. The highest BCUT2D eigenvalue weighted by Crippen LogP contribution is 2.32. The summed E-state index contributed by atoms with van der Waals surface area (Å²) in [5.74, 6) is 1.35. The van der Waals surface area contributed by atoms with Crippen LogP contribution in [-0.4, -0.2) is 57.1 Å². The highest BCUT2D eigenvalue weighted by Gasteiger charge is 2.25. The minimum absolute atomic E-state index is 0.152. The van der Waals surface area contributed by atoms with Crippen LogP contribution in [0.15, 0.2) is 31.0 Å². The summed E-state index contributed by atoms with van der Waals surface area (Å²) >= 11 is 0. The van der Waals surface area contributed by atoms with Gasteiger partial charge in [0.15, 0.2) is 11.6 Å². The molecule has 5 N–H and O–H groups in total. The van der Waals surface area contributed by atoms with Crippen LogP contribution in [0.3, 0.4) is 0 Å². The molecule has 0 amide bonds. The molecule has 11 heteroatoms. The van der Waals surface area contributed by atoms with E-state index in [2.05, 4.69) is 25.4 Å². The van der Waals surface area contributed by atoms with Gasteiger partial charge in [-0.05, 0) is 39.5 Å². The molecule has 4 heterocycles. The molecule has 0 saturated heterocycles. The summed E-state index contributed by atoms with van der Waals surface area (Å²) in [6, 6.07) is 0.152. The molecular weight excluding hydrogens is 446 g/mol. The van der Waals surface area contributed by atoms with E-state index in [0.29, 0.717) is 47.0 Å². The molecule has 1 saturated carbocycles. The minimum Gasteiger partial charge on any atom is -0.393 e. The van der Waals surface area contributed by atoms with Gasteiger partial charge in [0, 0.05) is 29.6 Å². The molecule has 0 bridgehead atoms. The molecule has 4 aromatic heterocycles. The van der Waals surface area contributed by atoms with Crippen molar-refractivity contribution < 1.29 is 10.2 Å². The molecule has 0 aromatic carbocycles. The smallest absolute Gasteiger partial charge is 0.159 e. The summed E-state index contributed by atoms with van der Waals surface area (Å²) in [7, 11) is 0. The molecule has 2 atom stereocenters. The van der Waals surface area contributed by atoms with Gasteiger partial charge in [0.05, 0.1) is 30.4 Å². The monoisotopic (exact) mass is 475 g/mol. The number of nitrogens with two attached hydrogens (primary N) is 1. The average molecular weight is 476 g/mol. The molecule has 0 aliphatic heterocycles. The van der Waals surface area contributed by atoms with Crippen molar-refractivity contribution in [2.24, 2.45) is 0 Å². The van der Waals surface area contributed by atoms with Crippen molar-refractivity contribution in [3.63, 3.8) is 0 Å². The first kappa shape index (κ1) is 23.1. The van der Waals surface area contributed by atoms with Gasteiger partial charge in [0.25, 0.3) is 0 Å². The SMILES string of the molecule is CCc1nc2c(N)ncc(-c3cnn(-c4cnc(C(C)(C)O)nc4)c3)c2nc1N[C@@H]1CC[C@H](O)C1. The highest BCUT2D eigenvalue weighted by atomic mass is 16.3. The van der Waals surface area contributed by atoms with Crippen LogP contribution < -0.4 is 11.1 Å². The van der Waals surface area contributed by atoms with Gasteiger partial charge in [-0.3, -0.25) is 0 Å². The summed E-state index contributed by atoms with van der Waals surface area (Å²) < 4.78 is 1.65. The number of nitrogens with one attached hydrogen (secondary N) is 1. The quantitative estimate of drug-likeness (QED) is 0.326. The summed E-state index contributed by atoms with van der Waals surface area (Å²) in [4.78, 5) is 22.6. The summed E-state index contributed by atoms with van der Waals surface area (Å²) in [5, 5.41) is 28.0. The molecule has 0 radical (unpaired) electrons. The standard InChI is InChI=1S/C24H29N9O2/c1-4-18-22(30-14-5-6-16(34)7-14)32-19-17(11-26-21(25)20(19)31-18)13-8-29-33(12-13)15-9-27-23(28-10-15)24(2,3)35/h8-12,14,16,34-35H,4-7H2,1-3H3,(H2,25,26)(H,30,32)/t14-,16+/m1/s1. The van der Waals surface area contributed by atoms with Crippen LogP contribution in [-0.2, 0) is 12.0 Å². The molecule has 1 aliphatic carbocycles. The Morgan fingerprint density at radius 1 is 1.09 bits per heavy atom. The number of nitrogen functional groups attached to an aromatic ring is 1. The largest absolute Gasteiger partial charge is 0.393 e. The van der Waals surface area contributed by atoms with E-state index in [1.165, 1.54) is 0 Å². The molecule has 0 unspecified atom stereocenters. The average Bonchev–Trinajstić information content (AvgIpc) is 3.48. The Bertz CT molecular complexity index is 1360. The lowest BCUT2D eigenvalue weighted by Crippen LogP contribution is -2.19. The van der Waals surface area contributed by atoms with Gasteiger partial charge in [-0.2, -0.15) is 5.10 Å². The molecule has 1 aliphatic rings. The van der Waals surface area contributed by atoms with Crippen molar-refractivity contribution in [3.05, 3.63) is 42.5 Å². The van der Waals surface area contributed by atoms with Crippen molar-refractivity contribution in [2.75, 3.05) is 11.1 Å². The Hall–Kier alpha value is -3.70. The van der Waals surface area contributed by atoms with E-state index in [1.807, 2.05) is 13.1 Å². The zero-order valence-corrected chi connectivity index (χ0v) is 20.0. The Kier molecular flexibility index (Phi) is 5.81. The number of aliphatic hydroxyl groups is 2. The lowest BCUT2D eigenvalue weighted by Gasteiger charge is -2.17. The van der Waals surface area contributed by atoms with Gasteiger partial charge in [-0.25, -0.2) is 29.6 Å². The first-order chi connectivity index (χ1) is 16.7. The number of rotatable bonds is 6. The van der Waals surface area contributed by atoms with Crippen LogP contribution in [0.1, 0.15) is 51.6 Å². The zero-order valence-electron chi connectivity index (χ0n) is 20.0. The second-order valence-electron chi connectivity index (χ2n) is 9.43. The van der Waals surface area contributed by atoms with Crippen molar-refractivity contribution in [3.8, 4) is 16.8 Å². The van der Waals surface area contributed by atoms with Gasteiger partial charge in [0.2, 0.25) is 0 Å². The van der Waals surface area contributed by atoms with Gasteiger partial charge >= 0.3 is 0 Å². The fourth-order valence-electron chi connectivity index (χ4n) is 4.31. The van der Waals surface area contributed by atoms with Crippen molar-refractivity contribution in [1.82, 2.24) is 34.7 Å². The van der Waals surface area contributed by atoms with Crippen LogP contribution in [0, 0.1) is 0 Å². The van der Waals surface area contributed by atoms with Crippen LogP contribution in [0.25, 0.3) is 27.8 Å².